The summed E-state index contributed by atoms with van der Waals surface area (Å²) in [4.78, 5) is 12.5. The average molecular weight is 581 g/mol. The first-order valence-corrected chi connectivity index (χ1v) is 16.3. The van der Waals surface area contributed by atoms with E-state index in [1.165, 1.54) is 30.4 Å². The molecule has 6 atom stereocenters. The smallest absolute Gasteiger partial charge is 0.332 e. The predicted octanol–water partition coefficient (Wildman–Crippen LogP) is 6.31. The number of hydrogen-bond donors (Lipinski definition) is 0. The molecule has 0 saturated heterocycles. The number of benzene rings is 1. The number of esters is 1. The summed E-state index contributed by atoms with van der Waals surface area (Å²) < 4.78 is 23.5. The average Bonchev–Trinajstić information content (AvgIpc) is 3.31. The van der Waals surface area contributed by atoms with Crippen LogP contribution in [0, 0.1) is 28.6 Å². The number of carbonyl (C=O) groups excluding carboxylic acids is 1. The summed E-state index contributed by atoms with van der Waals surface area (Å²) in [6.07, 6.45) is 12.9. The molecular weight excluding hydrogens is 526 g/mol. The highest BCUT2D eigenvalue weighted by Crippen LogP contribution is 2.66. The maximum atomic E-state index is 12.5. The van der Waals surface area contributed by atoms with Crippen molar-refractivity contribution in [1.29, 1.82) is 0 Å². The summed E-state index contributed by atoms with van der Waals surface area (Å²) in [5.41, 5.74) is 5.03. The standard InChI is InChI=1S/C36H54NO5/c1-35-17-15-29(42-34(38)26-41-24-23-40-22-21-39-20-19-37(3,4)5)25-28(35)11-12-30-32-14-13-31(27-9-7-6-8-10-27)36(32,2)18-16-33(30)35/h6-11,13,29-30,32-33H,12,14-26H2,1-5H3/q+1/t29-,30?,32?,33?,35-,36+/m0/s1. The third-order valence-electron chi connectivity index (χ3n) is 10.9. The number of carbonyl (C=O) groups is 1. The van der Waals surface area contributed by atoms with Gasteiger partial charge >= 0.3 is 5.97 Å². The summed E-state index contributed by atoms with van der Waals surface area (Å²) >= 11 is 0. The lowest BCUT2D eigenvalue weighted by molar-refractivity contribution is -0.870. The Morgan fingerprint density at radius 1 is 0.833 bits per heavy atom. The van der Waals surface area contributed by atoms with Gasteiger partial charge in [0.15, 0.2) is 0 Å². The fourth-order valence-electron chi connectivity index (χ4n) is 8.51. The Bertz CT molecular complexity index is 1120. The van der Waals surface area contributed by atoms with Crippen LogP contribution in [0.3, 0.4) is 0 Å². The molecule has 42 heavy (non-hydrogen) atoms. The molecule has 0 bridgehead atoms. The minimum Gasteiger partial charge on any atom is -0.460 e. The van der Waals surface area contributed by atoms with Gasteiger partial charge in [0, 0.05) is 6.42 Å². The van der Waals surface area contributed by atoms with Crippen molar-refractivity contribution in [2.45, 2.75) is 64.9 Å². The Hall–Kier alpha value is -1.99. The molecule has 232 valence electrons. The summed E-state index contributed by atoms with van der Waals surface area (Å²) in [6, 6.07) is 11.0. The van der Waals surface area contributed by atoms with Crippen molar-refractivity contribution in [3.63, 3.8) is 0 Å². The van der Waals surface area contributed by atoms with Gasteiger partial charge in [-0.3, -0.25) is 0 Å². The van der Waals surface area contributed by atoms with E-state index in [-0.39, 0.29) is 29.5 Å². The van der Waals surface area contributed by atoms with Crippen molar-refractivity contribution in [2.75, 3.05) is 67.3 Å². The minimum absolute atomic E-state index is 0.0160. The molecule has 1 aromatic rings. The van der Waals surface area contributed by atoms with Crippen LogP contribution in [-0.2, 0) is 23.7 Å². The van der Waals surface area contributed by atoms with E-state index in [0.717, 1.165) is 61.1 Å². The maximum Gasteiger partial charge on any atom is 0.332 e. The summed E-state index contributed by atoms with van der Waals surface area (Å²) in [7, 11) is 6.44. The molecule has 0 N–H and O–H groups in total. The SMILES string of the molecule is C[C@]12CC[C@H](OC(=O)COCCOCCOCC[N+](C)(C)C)CC1=CCC1C2CC[C@]2(C)C(c3ccccc3)=CCC12. The first-order valence-electron chi connectivity index (χ1n) is 16.3. The fraction of sp³-hybridized carbons (Fsp3) is 0.694. The summed E-state index contributed by atoms with van der Waals surface area (Å²) in [6.45, 7) is 8.66. The Morgan fingerprint density at radius 3 is 2.26 bits per heavy atom. The van der Waals surface area contributed by atoms with Gasteiger partial charge in [-0.25, -0.2) is 4.79 Å². The number of hydrogen-bond acceptors (Lipinski definition) is 5. The molecule has 3 unspecified atom stereocenters. The van der Waals surface area contributed by atoms with Gasteiger partial charge in [-0.15, -0.1) is 0 Å². The quantitative estimate of drug-likeness (QED) is 0.118. The van der Waals surface area contributed by atoms with Crippen LogP contribution in [-0.4, -0.2) is 83.9 Å². The molecule has 5 rings (SSSR count). The van der Waals surface area contributed by atoms with Crippen LogP contribution in [0.15, 0.2) is 48.1 Å². The van der Waals surface area contributed by atoms with E-state index < -0.39 is 0 Å². The first kappa shape index (κ1) is 31.4. The lowest BCUT2D eigenvalue weighted by atomic mass is 9.47. The highest BCUT2D eigenvalue weighted by Gasteiger charge is 2.57. The molecule has 2 fully saturated rings. The van der Waals surface area contributed by atoms with Gasteiger partial charge in [-0.1, -0.05) is 61.9 Å². The maximum absolute atomic E-state index is 12.5. The molecular formula is C36H54NO5+. The van der Waals surface area contributed by atoms with E-state index in [1.807, 2.05) is 0 Å². The molecule has 0 aromatic heterocycles. The first-order chi connectivity index (χ1) is 20.1. The van der Waals surface area contributed by atoms with E-state index in [1.54, 1.807) is 5.57 Å². The van der Waals surface area contributed by atoms with Crippen molar-refractivity contribution in [3.8, 4) is 0 Å². The second-order valence-electron chi connectivity index (χ2n) is 14.6. The van der Waals surface area contributed by atoms with Gasteiger partial charge in [0.05, 0.1) is 54.2 Å². The Kier molecular flexibility index (Phi) is 9.98. The van der Waals surface area contributed by atoms with Crippen LogP contribution in [0.1, 0.15) is 64.4 Å². The van der Waals surface area contributed by atoms with Crippen LogP contribution in [0.25, 0.3) is 5.57 Å². The molecule has 0 heterocycles. The molecule has 0 aliphatic heterocycles. The molecule has 6 nitrogen and oxygen atoms in total. The zero-order chi connectivity index (χ0) is 29.8. The second-order valence-corrected chi connectivity index (χ2v) is 14.6. The number of quaternary nitrogens is 1. The number of likely N-dealkylation sites (N-methyl/N-ethyl adjacent to an activating group) is 1. The topological polar surface area (TPSA) is 54.0 Å². The fourth-order valence-corrected chi connectivity index (χ4v) is 8.51. The molecule has 0 amide bonds. The highest BCUT2D eigenvalue weighted by atomic mass is 16.6. The molecule has 1 aromatic carbocycles. The van der Waals surface area contributed by atoms with Gasteiger partial charge in [0.1, 0.15) is 19.3 Å². The number of rotatable bonds is 13. The number of nitrogens with zero attached hydrogens (tertiary/aromatic N) is 1. The van der Waals surface area contributed by atoms with Gasteiger partial charge in [-0.2, -0.15) is 0 Å². The Balaban J connectivity index is 1.04. The zero-order valence-corrected chi connectivity index (χ0v) is 26.7. The van der Waals surface area contributed by atoms with Crippen LogP contribution >= 0.6 is 0 Å². The van der Waals surface area contributed by atoms with Gasteiger partial charge in [-0.05, 0) is 78.2 Å². The molecule has 2 saturated carbocycles. The monoisotopic (exact) mass is 580 g/mol. The van der Waals surface area contributed by atoms with Crippen LogP contribution in [0.4, 0.5) is 0 Å². The summed E-state index contributed by atoms with van der Waals surface area (Å²) in [5, 5.41) is 0. The molecule has 6 heteroatoms. The van der Waals surface area contributed by atoms with E-state index in [2.05, 4.69) is 77.5 Å². The van der Waals surface area contributed by atoms with Crippen molar-refractivity contribution in [1.82, 2.24) is 0 Å². The number of allylic oxidation sites excluding steroid dienone is 3. The minimum atomic E-state index is -0.263. The summed E-state index contributed by atoms with van der Waals surface area (Å²) in [5.74, 6) is 1.92. The zero-order valence-electron chi connectivity index (χ0n) is 26.7. The Labute approximate surface area is 254 Å². The van der Waals surface area contributed by atoms with Crippen molar-refractivity contribution >= 4 is 11.5 Å². The van der Waals surface area contributed by atoms with Crippen LogP contribution < -0.4 is 0 Å². The third kappa shape index (κ3) is 7.04. The van der Waals surface area contributed by atoms with E-state index in [4.69, 9.17) is 18.9 Å². The predicted molar refractivity (Wildman–Crippen MR) is 167 cm³/mol. The number of ether oxygens (including phenoxy) is 4. The normalized spacial score (nSPS) is 32.3. The van der Waals surface area contributed by atoms with Gasteiger partial charge in [0.25, 0.3) is 0 Å². The van der Waals surface area contributed by atoms with E-state index >= 15 is 0 Å². The van der Waals surface area contributed by atoms with Crippen LogP contribution in [0.5, 0.6) is 0 Å². The Morgan fingerprint density at radius 2 is 1.52 bits per heavy atom. The van der Waals surface area contributed by atoms with E-state index in [0.29, 0.717) is 26.4 Å². The molecule has 4 aliphatic carbocycles. The highest BCUT2D eigenvalue weighted by molar-refractivity contribution is 5.73. The molecule has 0 radical (unpaired) electrons. The van der Waals surface area contributed by atoms with E-state index in [9.17, 15) is 4.79 Å². The van der Waals surface area contributed by atoms with Crippen molar-refractivity contribution in [3.05, 3.63) is 53.6 Å². The second kappa shape index (κ2) is 13.3. The van der Waals surface area contributed by atoms with Crippen molar-refractivity contribution in [2.24, 2.45) is 28.6 Å². The largest absolute Gasteiger partial charge is 0.460 e. The molecule has 4 aliphatic rings. The van der Waals surface area contributed by atoms with Crippen LogP contribution in [0.2, 0.25) is 0 Å². The molecule has 0 spiro atoms. The van der Waals surface area contributed by atoms with Crippen molar-refractivity contribution < 1.29 is 28.2 Å². The lowest BCUT2D eigenvalue weighted by Crippen LogP contribution is -2.50. The lowest BCUT2D eigenvalue weighted by Gasteiger charge is -2.57. The van der Waals surface area contributed by atoms with Gasteiger partial charge < -0.3 is 23.4 Å². The number of fused-ring (bicyclic) bond motifs is 5. The third-order valence-corrected chi connectivity index (χ3v) is 10.9. The van der Waals surface area contributed by atoms with Gasteiger partial charge in [0.2, 0.25) is 0 Å².